The fourth-order valence-corrected chi connectivity index (χ4v) is 1.99. The average Bonchev–Trinajstić information content (AvgIpc) is 2.72. The zero-order valence-electron chi connectivity index (χ0n) is 8.34. The summed E-state index contributed by atoms with van der Waals surface area (Å²) < 4.78 is 5.21. The maximum absolute atomic E-state index is 5.99. The molecule has 15 heavy (non-hydrogen) atoms. The molecule has 0 aliphatic carbocycles. The highest BCUT2D eigenvalue weighted by Gasteiger charge is 2.33. The Morgan fingerprint density at radius 3 is 2.73 bits per heavy atom. The summed E-state index contributed by atoms with van der Waals surface area (Å²) >= 11 is 11.9. The van der Waals surface area contributed by atoms with Gasteiger partial charge in [-0.1, -0.05) is 36.2 Å². The van der Waals surface area contributed by atoms with Crippen LogP contribution in [0, 0.1) is 0 Å². The maximum atomic E-state index is 5.99. The number of hydrogen-bond donors (Lipinski definition) is 0. The van der Waals surface area contributed by atoms with Gasteiger partial charge in [0.25, 0.3) is 0 Å². The Kier molecular flexibility index (Phi) is 2.89. The SMILES string of the molecule is CCC1(c2ccc(Cl)c(Cl)c2)COC=N1. The van der Waals surface area contributed by atoms with Gasteiger partial charge in [-0.3, -0.25) is 0 Å². The van der Waals surface area contributed by atoms with E-state index in [9.17, 15) is 0 Å². The first-order valence-corrected chi connectivity index (χ1v) is 5.54. The van der Waals surface area contributed by atoms with Gasteiger partial charge in [0.15, 0.2) is 6.40 Å². The zero-order valence-corrected chi connectivity index (χ0v) is 9.85. The zero-order chi connectivity index (χ0) is 10.9. The molecular formula is C11H11Cl2NO. The Balaban J connectivity index is 2.43. The number of aliphatic imine (C=N–C) groups is 1. The molecule has 1 aliphatic heterocycles. The van der Waals surface area contributed by atoms with Crippen LogP contribution in [-0.2, 0) is 10.3 Å². The lowest BCUT2D eigenvalue weighted by Crippen LogP contribution is -2.24. The summed E-state index contributed by atoms with van der Waals surface area (Å²) in [5, 5.41) is 1.12. The number of halogens is 2. The van der Waals surface area contributed by atoms with Crippen molar-refractivity contribution in [1.82, 2.24) is 0 Å². The van der Waals surface area contributed by atoms with Gasteiger partial charge in [-0.25, -0.2) is 4.99 Å². The predicted molar refractivity (Wildman–Crippen MR) is 62.9 cm³/mol. The van der Waals surface area contributed by atoms with Crippen molar-refractivity contribution >= 4 is 29.6 Å². The van der Waals surface area contributed by atoms with Gasteiger partial charge < -0.3 is 4.74 Å². The highest BCUT2D eigenvalue weighted by atomic mass is 35.5. The Hall–Kier alpha value is -0.730. The van der Waals surface area contributed by atoms with Crippen LogP contribution in [0.5, 0.6) is 0 Å². The molecular weight excluding hydrogens is 233 g/mol. The summed E-state index contributed by atoms with van der Waals surface area (Å²) in [7, 11) is 0. The second kappa shape index (κ2) is 4.03. The van der Waals surface area contributed by atoms with Gasteiger partial charge in [0, 0.05) is 0 Å². The largest absolute Gasteiger partial charge is 0.481 e. The van der Waals surface area contributed by atoms with E-state index in [4.69, 9.17) is 27.9 Å². The topological polar surface area (TPSA) is 21.6 Å². The minimum Gasteiger partial charge on any atom is -0.481 e. The minimum absolute atomic E-state index is 0.284. The standard InChI is InChI=1S/C11H11Cl2NO/c1-2-11(6-15-7-14-11)8-3-4-9(12)10(13)5-8/h3-5,7H,2,6H2,1H3. The predicted octanol–water partition coefficient (Wildman–Crippen LogP) is 3.66. The number of ether oxygens (including phenoxy) is 1. The van der Waals surface area contributed by atoms with Gasteiger partial charge in [0.1, 0.15) is 12.1 Å². The van der Waals surface area contributed by atoms with Crippen molar-refractivity contribution in [3.05, 3.63) is 33.8 Å². The third-order valence-corrected chi connectivity index (χ3v) is 3.48. The first-order valence-electron chi connectivity index (χ1n) is 4.79. The molecule has 1 aliphatic rings. The lowest BCUT2D eigenvalue weighted by Gasteiger charge is -2.23. The Bertz CT molecular complexity index is 406. The lowest BCUT2D eigenvalue weighted by atomic mass is 9.89. The molecule has 4 heteroatoms. The molecule has 1 heterocycles. The summed E-state index contributed by atoms with van der Waals surface area (Å²) in [5.74, 6) is 0. The van der Waals surface area contributed by atoms with Gasteiger partial charge in [-0.05, 0) is 24.1 Å². The number of hydrogen-bond acceptors (Lipinski definition) is 2. The van der Waals surface area contributed by atoms with Crippen LogP contribution in [-0.4, -0.2) is 13.0 Å². The molecule has 80 valence electrons. The average molecular weight is 244 g/mol. The van der Waals surface area contributed by atoms with Crippen LogP contribution >= 0.6 is 23.2 Å². The van der Waals surface area contributed by atoms with E-state index < -0.39 is 0 Å². The second-order valence-electron chi connectivity index (χ2n) is 3.56. The van der Waals surface area contributed by atoms with Crippen LogP contribution in [0.2, 0.25) is 10.0 Å². The monoisotopic (exact) mass is 243 g/mol. The van der Waals surface area contributed by atoms with Crippen molar-refractivity contribution in [2.45, 2.75) is 18.9 Å². The molecule has 0 bridgehead atoms. The molecule has 1 aromatic rings. The highest BCUT2D eigenvalue weighted by molar-refractivity contribution is 6.42. The van der Waals surface area contributed by atoms with Crippen molar-refractivity contribution in [3.8, 4) is 0 Å². The second-order valence-corrected chi connectivity index (χ2v) is 4.37. The van der Waals surface area contributed by atoms with E-state index in [2.05, 4.69) is 11.9 Å². The molecule has 1 unspecified atom stereocenters. The molecule has 2 nitrogen and oxygen atoms in total. The molecule has 0 saturated heterocycles. The lowest BCUT2D eigenvalue weighted by molar-refractivity contribution is 0.257. The summed E-state index contributed by atoms with van der Waals surface area (Å²) in [4.78, 5) is 4.38. The Morgan fingerprint density at radius 1 is 1.40 bits per heavy atom. The van der Waals surface area contributed by atoms with E-state index in [-0.39, 0.29) is 5.54 Å². The molecule has 0 fully saturated rings. The van der Waals surface area contributed by atoms with Crippen LogP contribution in [0.1, 0.15) is 18.9 Å². The van der Waals surface area contributed by atoms with Gasteiger partial charge in [0.2, 0.25) is 0 Å². The smallest absolute Gasteiger partial charge is 0.170 e. The molecule has 0 spiro atoms. The van der Waals surface area contributed by atoms with E-state index in [1.807, 2.05) is 12.1 Å². The van der Waals surface area contributed by atoms with E-state index in [1.165, 1.54) is 6.40 Å². The molecule has 0 saturated carbocycles. The van der Waals surface area contributed by atoms with Crippen LogP contribution in [0.4, 0.5) is 0 Å². The Morgan fingerprint density at radius 2 is 2.20 bits per heavy atom. The van der Waals surface area contributed by atoms with Crippen molar-refractivity contribution in [3.63, 3.8) is 0 Å². The summed E-state index contributed by atoms with van der Waals surface area (Å²) in [6, 6.07) is 5.60. The highest BCUT2D eigenvalue weighted by Crippen LogP contribution is 2.35. The van der Waals surface area contributed by atoms with Crippen molar-refractivity contribution < 1.29 is 4.74 Å². The first kappa shape index (κ1) is 10.8. The molecule has 0 amide bonds. The minimum atomic E-state index is -0.284. The number of rotatable bonds is 2. The van der Waals surface area contributed by atoms with Crippen LogP contribution in [0.25, 0.3) is 0 Å². The third-order valence-electron chi connectivity index (χ3n) is 2.74. The van der Waals surface area contributed by atoms with E-state index >= 15 is 0 Å². The van der Waals surface area contributed by atoms with Gasteiger partial charge >= 0.3 is 0 Å². The number of nitrogens with zero attached hydrogens (tertiary/aromatic N) is 1. The fourth-order valence-electron chi connectivity index (χ4n) is 1.69. The van der Waals surface area contributed by atoms with Gasteiger partial charge in [-0.2, -0.15) is 0 Å². The van der Waals surface area contributed by atoms with Crippen molar-refractivity contribution in [2.24, 2.45) is 4.99 Å². The van der Waals surface area contributed by atoms with E-state index in [0.717, 1.165) is 12.0 Å². The molecule has 1 aromatic carbocycles. The molecule has 2 rings (SSSR count). The molecule has 1 atom stereocenters. The van der Waals surface area contributed by atoms with Crippen molar-refractivity contribution in [1.29, 1.82) is 0 Å². The summed E-state index contributed by atoms with van der Waals surface area (Å²) in [6.45, 7) is 2.65. The maximum Gasteiger partial charge on any atom is 0.170 e. The van der Waals surface area contributed by atoms with E-state index in [0.29, 0.717) is 16.7 Å². The number of benzene rings is 1. The first-order chi connectivity index (χ1) is 7.18. The van der Waals surface area contributed by atoms with Crippen molar-refractivity contribution in [2.75, 3.05) is 6.61 Å². The van der Waals surface area contributed by atoms with Crippen LogP contribution in [0.3, 0.4) is 0 Å². The summed E-state index contributed by atoms with van der Waals surface area (Å²) in [6.07, 6.45) is 2.38. The molecule has 0 radical (unpaired) electrons. The van der Waals surface area contributed by atoms with Crippen LogP contribution in [0.15, 0.2) is 23.2 Å². The molecule has 0 N–H and O–H groups in total. The van der Waals surface area contributed by atoms with Crippen LogP contribution < -0.4 is 0 Å². The Labute approximate surface area is 98.9 Å². The fraction of sp³-hybridized carbons (Fsp3) is 0.364. The van der Waals surface area contributed by atoms with Gasteiger partial charge in [-0.15, -0.1) is 0 Å². The normalized spacial score (nSPS) is 24.2. The van der Waals surface area contributed by atoms with E-state index in [1.54, 1.807) is 6.07 Å². The quantitative estimate of drug-likeness (QED) is 0.777. The van der Waals surface area contributed by atoms with Gasteiger partial charge in [0.05, 0.1) is 10.0 Å². The summed E-state index contributed by atoms with van der Waals surface area (Å²) in [5.41, 5.74) is 0.766. The third kappa shape index (κ3) is 1.84. The molecule has 0 aromatic heterocycles.